The van der Waals surface area contributed by atoms with Crippen LogP contribution in [-0.4, -0.2) is 53.9 Å². The second-order valence-corrected chi connectivity index (χ2v) is 6.75. The van der Waals surface area contributed by atoms with Gasteiger partial charge < -0.3 is 14.5 Å². The summed E-state index contributed by atoms with van der Waals surface area (Å²) < 4.78 is 6.81. The van der Waals surface area contributed by atoms with Crippen molar-refractivity contribution in [3.05, 3.63) is 65.0 Å². The number of aromatic nitrogens is 2. The molecule has 1 fully saturated rings. The molecule has 0 atom stereocenters. The fourth-order valence-corrected chi connectivity index (χ4v) is 3.52. The number of benzene rings is 2. The van der Waals surface area contributed by atoms with E-state index in [1.807, 2.05) is 47.4 Å². The Morgan fingerprint density at radius 1 is 1.04 bits per heavy atom. The van der Waals surface area contributed by atoms with E-state index >= 15 is 0 Å². The first-order valence-corrected chi connectivity index (χ1v) is 9.27. The molecule has 1 saturated heterocycles. The summed E-state index contributed by atoms with van der Waals surface area (Å²) in [5, 5.41) is 4.73. The van der Waals surface area contributed by atoms with Crippen LogP contribution < -0.4 is 15.1 Å². The molecule has 1 aromatic heterocycles. The minimum atomic E-state index is -0.132. The maximum Gasteiger partial charge on any atom is 0.244 e. The molecule has 0 radical (unpaired) electrons. The molecule has 1 aliphatic heterocycles. The smallest absolute Gasteiger partial charge is 0.244 e. The van der Waals surface area contributed by atoms with E-state index in [1.165, 1.54) is 6.20 Å². The summed E-state index contributed by atoms with van der Waals surface area (Å²) in [4.78, 5) is 28.8. The lowest BCUT2D eigenvalue weighted by molar-refractivity contribution is -0.132. The molecular weight excluding hydrogens is 356 g/mol. The lowest BCUT2D eigenvalue weighted by Crippen LogP contribution is -2.49. The molecule has 0 unspecified atom stereocenters. The highest BCUT2D eigenvalue weighted by Crippen LogP contribution is 2.20. The third kappa shape index (κ3) is 3.55. The molecule has 0 N–H and O–H groups in total. The summed E-state index contributed by atoms with van der Waals surface area (Å²) in [6.45, 7) is 2.99. The summed E-state index contributed by atoms with van der Waals surface area (Å²) in [7, 11) is 1.65. The normalized spacial score (nSPS) is 14.3. The van der Waals surface area contributed by atoms with E-state index in [0.29, 0.717) is 24.0 Å². The molecule has 0 bridgehead atoms. The monoisotopic (exact) mass is 378 g/mol. The number of carbonyl (C=O) groups is 1. The van der Waals surface area contributed by atoms with Gasteiger partial charge >= 0.3 is 0 Å². The number of para-hydroxylation sites is 1. The number of nitrogens with zero attached hydrogens (tertiary/aromatic N) is 4. The maximum atomic E-state index is 12.8. The van der Waals surface area contributed by atoms with E-state index in [1.54, 1.807) is 17.9 Å². The maximum absolute atomic E-state index is 12.8. The van der Waals surface area contributed by atoms with Crippen molar-refractivity contribution >= 4 is 22.5 Å². The average Bonchev–Trinajstić information content (AvgIpc) is 2.76. The van der Waals surface area contributed by atoms with Crippen LogP contribution in [0.25, 0.3) is 10.9 Å². The molecule has 3 aromatic rings. The van der Waals surface area contributed by atoms with Gasteiger partial charge in [0.1, 0.15) is 12.3 Å². The Balaban J connectivity index is 1.42. The van der Waals surface area contributed by atoms with Gasteiger partial charge in [0, 0.05) is 37.3 Å². The fourth-order valence-electron chi connectivity index (χ4n) is 3.52. The van der Waals surface area contributed by atoms with Crippen molar-refractivity contribution in [2.24, 2.45) is 0 Å². The highest BCUT2D eigenvalue weighted by Gasteiger charge is 2.22. The van der Waals surface area contributed by atoms with Gasteiger partial charge in [-0.15, -0.1) is 0 Å². The Morgan fingerprint density at radius 3 is 2.46 bits per heavy atom. The van der Waals surface area contributed by atoms with Crippen molar-refractivity contribution in [2.45, 2.75) is 6.54 Å². The SMILES string of the molecule is COc1ccc(N2CCN(C(=O)Cn3ncc(=O)c4ccccc43)CC2)cc1. The number of methoxy groups -OCH3 is 1. The molecule has 7 heteroatoms. The first-order valence-electron chi connectivity index (χ1n) is 9.27. The quantitative estimate of drug-likeness (QED) is 0.692. The van der Waals surface area contributed by atoms with Gasteiger partial charge in [-0.05, 0) is 36.4 Å². The van der Waals surface area contributed by atoms with Crippen molar-refractivity contribution < 1.29 is 9.53 Å². The minimum absolute atomic E-state index is 0.00989. The summed E-state index contributed by atoms with van der Waals surface area (Å²) in [5.74, 6) is 0.842. The van der Waals surface area contributed by atoms with Crippen LogP contribution in [0.15, 0.2) is 59.5 Å². The molecule has 1 aliphatic rings. The Labute approximate surface area is 162 Å². The fraction of sp³-hybridized carbons (Fsp3) is 0.286. The van der Waals surface area contributed by atoms with Gasteiger partial charge in [-0.3, -0.25) is 14.3 Å². The molecular formula is C21H22N4O3. The molecule has 28 heavy (non-hydrogen) atoms. The molecule has 144 valence electrons. The largest absolute Gasteiger partial charge is 0.497 e. The highest BCUT2D eigenvalue weighted by atomic mass is 16.5. The van der Waals surface area contributed by atoms with E-state index in [9.17, 15) is 9.59 Å². The van der Waals surface area contributed by atoms with E-state index in [2.05, 4.69) is 10.00 Å². The van der Waals surface area contributed by atoms with Crippen LogP contribution in [0.4, 0.5) is 5.69 Å². The van der Waals surface area contributed by atoms with E-state index < -0.39 is 0 Å². The van der Waals surface area contributed by atoms with Gasteiger partial charge in [-0.25, -0.2) is 0 Å². The third-order valence-corrected chi connectivity index (χ3v) is 5.12. The minimum Gasteiger partial charge on any atom is -0.497 e. The Bertz CT molecular complexity index is 1040. The van der Waals surface area contributed by atoms with Crippen molar-refractivity contribution in [1.82, 2.24) is 14.7 Å². The van der Waals surface area contributed by atoms with Crippen LogP contribution in [-0.2, 0) is 11.3 Å². The summed E-state index contributed by atoms with van der Waals surface area (Å²) >= 11 is 0. The zero-order valence-electron chi connectivity index (χ0n) is 15.7. The lowest BCUT2D eigenvalue weighted by Gasteiger charge is -2.36. The molecule has 0 saturated carbocycles. The zero-order valence-corrected chi connectivity index (χ0v) is 15.7. The number of hydrogen-bond donors (Lipinski definition) is 0. The average molecular weight is 378 g/mol. The number of piperazine rings is 1. The molecule has 4 rings (SSSR count). The topological polar surface area (TPSA) is 67.7 Å². The van der Waals surface area contributed by atoms with E-state index in [-0.39, 0.29) is 17.9 Å². The van der Waals surface area contributed by atoms with Gasteiger partial charge in [0.2, 0.25) is 11.3 Å². The summed E-state index contributed by atoms with van der Waals surface area (Å²) in [6.07, 6.45) is 1.28. The second kappa shape index (κ2) is 7.72. The van der Waals surface area contributed by atoms with Crippen LogP contribution in [0.1, 0.15) is 0 Å². The second-order valence-electron chi connectivity index (χ2n) is 6.75. The van der Waals surface area contributed by atoms with Gasteiger partial charge in [-0.1, -0.05) is 12.1 Å². The first-order chi connectivity index (χ1) is 13.7. The number of fused-ring (bicyclic) bond motifs is 1. The van der Waals surface area contributed by atoms with E-state index in [0.717, 1.165) is 24.5 Å². The van der Waals surface area contributed by atoms with Gasteiger partial charge in [-0.2, -0.15) is 5.10 Å². The summed E-state index contributed by atoms with van der Waals surface area (Å²) in [6, 6.07) is 15.2. The zero-order chi connectivity index (χ0) is 19.5. The number of ether oxygens (including phenoxy) is 1. The molecule has 7 nitrogen and oxygen atoms in total. The number of rotatable bonds is 4. The lowest BCUT2D eigenvalue weighted by atomic mass is 10.2. The van der Waals surface area contributed by atoms with Crippen molar-refractivity contribution in [2.75, 3.05) is 38.2 Å². The number of anilines is 1. The predicted octanol–water partition coefficient (Wildman–Crippen LogP) is 1.75. The highest BCUT2D eigenvalue weighted by molar-refractivity contribution is 5.81. The van der Waals surface area contributed by atoms with Crippen molar-refractivity contribution in [3.63, 3.8) is 0 Å². The van der Waals surface area contributed by atoms with Crippen LogP contribution >= 0.6 is 0 Å². The number of carbonyl (C=O) groups excluding carboxylic acids is 1. The van der Waals surface area contributed by atoms with Crippen LogP contribution in [0.5, 0.6) is 5.75 Å². The predicted molar refractivity (Wildman–Crippen MR) is 108 cm³/mol. The van der Waals surface area contributed by atoms with Crippen LogP contribution in [0.2, 0.25) is 0 Å². The molecule has 1 amide bonds. The molecule has 0 spiro atoms. The molecule has 2 heterocycles. The van der Waals surface area contributed by atoms with Crippen LogP contribution in [0, 0.1) is 0 Å². The summed E-state index contributed by atoms with van der Waals surface area (Å²) in [5.41, 5.74) is 1.67. The standard InChI is InChI=1S/C21H22N4O3/c1-28-17-8-6-16(7-9-17)23-10-12-24(13-11-23)21(27)15-25-19-5-3-2-4-18(19)20(26)14-22-25/h2-9,14H,10-13,15H2,1H3. The van der Waals surface area contributed by atoms with Crippen molar-refractivity contribution in [3.8, 4) is 5.75 Å². The van der Waals surface area contributed by atoms with Gasteiger partial charge in [0.05, 0.1) is 18.8 Å². The number of amides is 1. The van der Waals surface area contributed by atoms with Gasteiger partial charge in [0.25, 0.3) is 0 Å². The van der Waals surface area contributed by atoms with Crippen molar-refractivity contribution in [1.29, 1.82) is 0 Å². The molecule has 2 aromatic carbocycles. The Kier molecular flexibility index (Phi) is 4.97. The molecule has 0 aliphatic carbocycles. The number of hydrogen-bond acceptors (Lipinski definition) is 5. The van der Waals surface area contributed by atoms with Crippen LogP contribution in [0.3, 0.4) is 0 Å². The van der Waals surface area contributed by atoms with Gasteiger partial charge in [0.15, 0.2) is 0 Å². The Hall–Kier alpha value is -3.35. The Morgan fingerprint density at radius 2 is 1.75 bits per heavy atom. The van der Waals surface area contributed by atoms with E-state index in [4.69, 9.17) is 4.74 Å². The first kappa shape index (κ1) is 18.0. The third-order valence-electron chi connectivity index (χ3n) is 5.12.